The predicted octanol–water partition coefficient (Wildman–Crippen LogP) is 3.31. The molecule has 164 valence electrons. The Kier molecular flexibility index (Phi) is 7.51. The molecule has 4 N–H and O–H groups in total. The summed E-state index contributed by atoms with van der Waals surface area (Å²) in [4.78, 5) is 36.4. The molecule has 3 aromatic carbocycles. The zero-order valence-corrected chi connectivity index (χ0v) is 18.6. The Morgan fingerprint density at radius 2 is 1.56 bits per heavy atom. The first-order valence-corrected chi connectivity index (χ1v) is 10.5. The Bertz CT molecular complexity index is 1150. The highest BCUT2D eigenvalue weighted by Gasteiger charge is 2.11. The van der Waals surface area contributed by atoms with Crippen LogP contribution in [0.4, 0.5) is 5.69 Å². The lowest BCUT2D eigenvalue weighted by atomic mass is 10.0. The zero-order valence-electron chi connectivity index (χ0n) is 17.8. The van der Waals surface area contributed by atoms with Gasteiger partial charge in [0.15, 0.2) is 5.11 Å². The van der Waals surface area contributed by atoms with Gasteiger partial charge in [0.2, 0.25) is 11.8 Å². The van der Waals surface area contributed by atoms with Crippen LogP contribution in [0.25, 0.3) is 10.8 Å². The van der Waals surface area contributed by atoms with E-state index in [1.165, 1.54) is 0 Å². The zero-order chi connectivity index (χ0) is 23.1. The van der Waals surface area contributed by atoms with Crippen LogP contribution in [0.3, 0.4) is 0 Å². The molecule has 8 heteroatoms. The molecule has 3 amide bonds. The maximum Gasteiger partial charge on any atom is 0.269 e. The van der Waals surface area contributed by atoms with Gasteiger partial charge in [0.05, 0.1) is 6.42 Å². The number of benzene rings is 3. The molecule has 0 aromatic heterocycles. The summed E-state index contributed by atoms with van der Waals surface area (Å²) in [6.07, 6.45) is 0.153. The molecule has 0 fully saturated rings. The van der Waals surface area contributed by atoms with Crippen LogP contribution in [-0.4, -0.2) is 22.8 Å². The van der Waals surface area contributed by atoms with Crippen molar-refractivity contribution in [3.8, 4) is 0 Å². The van der Waals surface area contributed by atoms with Crippen LogP contribution in [0.15, 0.2) is 66.7 Å². The van der Waals surface area contributed by atoms with Gasteiger partial charge in [-0.25, -0.2) is 0 Å². The third kappa shape index (κ3) is 6.12. The Labute approximate surface area is 191 Å². The highest BCUT2D eigenvalue weighted by molar-refractivity contribution is 7.80. The highest BCUT2D eigenvalue weighted by Crippen LogP contribution is 2.18. The van der Waals surface area contributed by atoms with Crippen molar-refractivity contribution in [1.29, 1.82) is 0 Å². The van der Waals surface area contributed by atoms with Gasteiger partial charge < -0.3 is 10.6 Å². The molecule has 0 heterocycles. The van der Waals surface area contributed by atoms with Gasteiger partial charge in [0.1, 0.15) is 0 Å². The van der Waals surface area contributed by atoms with Gasteiger partial charge in [0.25, 0.3) is 5.91 Å². The second kappa shape index (κ2) is 10.5. The highest BCUT2D eigenvalue weighted by atomic mass is 32.1. The predicted molar refractivity (Wildman–Crippen MR) is 129 cm³/mol. The molecule has 3 aromatic rings. The number of thiocarbonyl (C=S) groups is 1. The number of hydrogen-bond donors (Lipinski definition) is 4. The number of hydrazine groups is 1. The number of anilines is 1. The van der Waals surface area contributed by atoms with Gasteiger partial charge in [-0.3, -0.25) is 25.2 Å². The third-order valence-electron chi connectivity index (χ3n) is 4.71. The molecule has 0 spiro atoms. The number of carbonyl (C=O) groups excluding carboxylic acids is 3. The number of rotatable bonds is 5. The molecule has 0 bridgehead atoms. The van der Waals surface area contributed by atoms with E-state index in [0.29, 0.717) is 11.3 Å². The molecule has 7 nitrogen and oxygen atoms in total. The molecule has 0 aliphatic heterocycles. The Balaban J connectivity index is 1.49. The second-order valence-corrected chi connectivity index (χ2v) is 7.90. The largest absolute Gasteiger partial charge is 0.326 e. The van der Waals surface area contributed by atoms with Crippen LogP contribution in [0, 0.1) is 5.92 Å². The van der Waals surface area contributed by atoms with E-state index in [0.717, 1.165) is 16.3 Å². The summed E-state index contributed by atoms with van der Waals surface area (Å²) in [5, 5.41) is 7.37. The van der Waals surface area contributed by atoms with Crippen molar-refractivity contribution < 1.29 is 14.4 Å². The number of fused-ring (bicyclic) bond motifs is 1. The van der Waals surface area contributed by atoms with Crippen molar-refractivity contribution >= 4 is 51.5 Å². The second-order valence-electron chi connectivity index (χ2n) is 7.49. The topological polar surface area (TPSA) is 99.3 Å². The van der Waals surface area contributed by atoms with Gasteiger partial charge in [-0.1, -0.05) is 56.3 Å². The van der Waals surface area contributed by atoms with Gasteiger partial charge in [-0.05, 0) is 52.8 Å². The quantitative estimate of drug-likeness (QED) is 0.355. The lowest BCUT2D eigenvalue weighted by molar-refractivity contribution is -0.119. The van der Waals surface area contributed by atoms with Crippen molar-refractivity contribution in [3.63, 3.8) is 0 Å². The maximum absolute atomic E-state index is 12.4. The molecule has 0 radical (unpaired) electrons. The lowest BCUT2D eigenvalue weighted by Gasteiger charge is -2.12. The summed E-state index contributed by atoms with van der Waals surface area (Å²) >= 11 is 5.10. The van der Waals surface area contributed by atoms with Gasteiger partial charge in [-0.2, -0.15) is 0 Å². The number of amides is 3. The first-order chi connectivity index (χ1) is 15.3. The fraction of sp³-hybridized carbons (Fsp3) is 0.167. The maximum atomic E-state index is 12.4. The molecule has 0 saturated heterocycles. The van der Waals surface area contributed by atoms with Gasteiger partial charge in [0, 0.05) is 17.2 Å². The summed E-state index contributed by atoms with van der Waals surface area (Å²) in [5.41, 5.74) is 6.82. The van der Waals surface area contributed by atoms with E-state index in [1.807, 2.05) is 42.5 Å². The van der Waals surface area contributed by atoms with Crippen LogP contribution in [-0.2, 0) is 16.0 Å². The van der Waals surface area contributed by atoms with Crippen LogP contribution in [0.2, 0.25) is 0 Å². The standard InChI is InChI=1S/C24H24N4O3S/c1-15(2)22(30)25-19-12-10-17(11-13-19)23(31)27-28-24(32)26-21(29)14-18-8-5-7-16-6-3-4-9-20(16)18/h3-13,15H,14H2,1-2H3,(H,25,30)(H,27,31)(H2,26,28,29,32). The van der Waals surface area contributed by atoms with E-state index in [2.05, 4.69) is 21.5 Å². The first kappa shape index (κ1) is 22.9. The molecule has 0 atom stereocenters. The van der Waals surface area contributed by atoms with Crippen molar-refractivity contribution in [2.45, 2.75) is 20.3 Å². The first-order valence-electron chi connectivity index (χ1n) is 10.1. The van der Waals surface area contributed by atoms with Crippen molar-refractivity contribution in [3.05, 3.63) is 77.9 Å². The van der Waals surface area contributed by atoms with E-state index in [9.17, 15) is 14.4 Å². The number of nitrogens with one attached hydrogen (secondary N) is 4. The fourth-order valence-corrected chi connectivity index (χ4v) is 3.16. The lowest BCUT2D eigenvalue weighted by Crippen LogP contribution is -2.48. The average Bonchev–Trinajstić information content (AvgIpc) is 2.78. The molecule has 3 rings (SSSR count). The Morgan fingerprint density at radius 3 is 2.28 bits per heavy atom. The minimum atomic E-state index is -0.433. The average molecular weight is 449 g/mol. The van der Waals surface area contributed by atoms with Crippen molar-refractivity contribution in [2.24, 2.45) is 5.92 Å². The normalized spacial score (nSPS) is 10.5. The summed E-state index contributed by atoms with van der Waals surface area (Å²) in [7, 11) is 0. The molecular formula is C24H24N4O3S. The summed E-state index contributed by atoms with van der Waals surface area (Å²) in [6, 6.07) is 20.1. The van der Waals surface area contributed by atoms with Gasteiger partial charge >= 0.3 is 0 Å². The Morgan fingerprint density at radius 1 is 0.875 bits per heavy atom. The molecule has 0 aliphatic carbocycles. The molecule has 0 unspecified atom stereocenters. The Hall–Kier alpha value is -3.78. The number of carbonyl (C=O) groups is 3. The van der Waals surface area contributed by atoms with E-state index >= 15 is 0 Å². The summed E-state index contributed by atoms with van der Waals surface area (Å²) in [5.74, 6) is -0.969. The van der Waals surface area contributed by atoms with E-state index in [-0.39, 0.29) is 29.3 Å². The molecule has 32 heavy (non-hydrogen) atoms. The van der Waals surface area contributed by atoms with Crippen LogP contribution in [0.5, 0.6) is 0 Å². The number of hydrogen-bond acceptors (Lipinski definition) is 4. The molecular weight excluding hydrogens is 424 g/mol. The molecule has 0 saturated carbocycles. The monoisotopic (exact) mass is 448 g/mol. The third-order valence-corrected chi connectivity index (χ3v) is 4.92. The van der Waals surface area contributed by atoms with Gasteiger partial charge in [-0.15, -0.1) is 0 Å². The fourth-order valence-electron chi connectivity index (χ4n) is 3.00. The van der Waals surface area contributed by atoms with Crippen LogP contribution >= 0.6 is 12.2 Å². The van der Waals surface area contributed by atoms with Crippen molar-refractivity contribution in [1.82, 2.24) is 16.2 Å². The van der Waals surface area contributed by atoms with E-state index in [4.69, 9.17) is 12.2 Å². The smallest absolute Gasteiger partial charge is 0.269 e. The minimum Gasteiger partial charge on any atom is -0.326 e. The van der Waals surface area contributed by atoms with Crippen LogP contribution in [0.1, 0.15) is 29.8 Å². The SMILES string of the molecule is CC(C)C(=O)Nc1ccc(C(=O)NNC(=S)NC(=O)Cc2cccc3ccccc23)cc1. The molecule has 0 aliphatic rings. The van der Waals surface area contributed by atoms with E-state index < -0.39 is 5.91 Å². The summed E-state index contributed by atoms with van der Waals surface area (Å²) < 4.78 is 0. The van der Waals surface area contributed by atoms with Crippen molar-refractivity contribution in [2.75, 3.05) is 5.32 Å². The summed E-state index contributed by atoms with van der Waals surface area (Å²) in [6.45, 7) is 3.60. The van der Waals surface area contributed by atoms with E-state index in [1.54, 1.807) is 38.1 Å². The minimum absolute atomic E-state index is 0.00981. The van der Waals surface area contributed by atoms with Crippen LogP contribution < -0.4 is 21.5 Å².